The van der Waals surface area contributed by atoms with Crippen LogP contribution in [-0.2, 0) is 0 Å². The molecule has 1 fully saturated rings. The number of nitrogens with zero attached hydrogens (tertiary/aromatic N) is 4. The molecule has 0 amide bonds. The van der Waals surface area contributed by atoms with Crippen LogP contribution < -0.4 is 21.7 Å². The minimum atomic E-state index is -0.501. The highest BCUT2D eigenvalue weighted by molar-refractivity contribution is 5.83. The van der Waals surface area contributed by atoms with Crippen molar-refractivity contribution in [3.63, 3.8) is 0 Å². The van der Waals surface area contributed by atoms with Gasteiger partial charge in [-0.25, -0.2) is 9.78 Å². The fraction of sp³-hybridized carbons (Fsp3) is 0.217. The molecule has 0 spiro atoms. The quantitative estimate of drug-likeness (QED) is 0.450. The van der Waals surface area contributed by atoms with E-state index in [-0.39, 0.29) is 11.9 Å². The van der Waals surface area contributed by atoms with E-state index in [1.807, 2.05) is 31.2 Å². The third kappa shape index (κ3) is 3.52. The number of nitrogens with two attached hydrogens (primary N) is 1. The average Bonchev–Trinajstić information content (AvgIpc) is 3.41. The predicted octanol–water partition coefficient (Wildman–Crippen LogP) is 3.56. The summed E-state index contributed by atoms with van der Waals surface area (Å²) in [5.74, 6) is 0.251. The predicted molar refractivity (Wildman–Crippen MR) is 123 cm³/mol. The van der Waals surface area contributed by atoms with Gasteiger partial charge in [0.2, 0.25) is 5.95 Å². The number of H-pyrrole nitrogens is 1. The van der Waals surface area contributed by atoms with E-state index in [4.69, 9.17) is 10.2 Å². The first-order valence-corrected chi connectivity index (χ1v) is 10.3. The van der Waals surface area contributed by atoms with Gasteiger partial charge in [0.25, 0.3) is 0 Å². The van der Waals surface area contributed by atoms with E-state index in [1.165, 1.54) is 0 Å². The summed E-state index contributed by atoms with van der Waals surface area (Å²) >= 11 is 0. The van der Waals surface area contributed by atoms with Crippen molar-refractivity contribution in [3.8, 4) is 17.3 Å². The Bertz CT molecular complexity index is 1420. The van der Waals surface area contributed by atoms with Gasteiger partial charge in [-0.15, -0.1) is 0 Å². The number of hydrogen-bond donors (Lipinski definition) is 3. The maximum Gasteiger partial charge on any atom is 0.417 e. The lowest BCUT2D eigenvalue weighted by molar-refractivity contribution is 0.555. The van der Waals surface area contributed by atoms with Crippen molar-refractivity contribution in [2.75, 3.05) is 29.0 Å². The van der Waals surface area contributed by atoms with Crippen LogP contribution in [0.5, 0.6) is 0 Å². The van der Waals surface area contributed by atoms with E-state index < -0.39 is 5.76 Å². The lowest BCUT2D eigenvalue weighted by Gasteiger charge is -2.22. The second-order valence-corrected chi connectivity index (χ2v) is 7.83. The molecule has 4 N–H and O–H groups in total. The van der Waals surface area contributed by atoms with Gasteiger partial charge in [-0.1, -0.05) is 18.2 Å². The summed E-state index contributed by atoms with van der Waals surface area (Å²) in [6.45, 7) is 3.46. The molecule has 1 saturated heterocycles. The Kier molecular flexibility index (Phi) is 4.75. The van der Waals surface area contributed by atoms with Crippen LogP contribution in [0.3, 0.4) is 0 Å². The molecule has 0 saturated carbocycles. The first-order valence-electron chi connectivity index (χ1n) is 10.3. The van der Waals surface area contributed by atoms with Crippen LogP contribution in [0.25, 0.3) is 22.4 Å². The van der Waals surface area contributed by atoms with Crippen LogP contribution in [0.1, 0.15) is 12.0 Å². The van der Waals surface area contributed by atoms with E-state index in [2.05, 4.69) is 31.2 Å². The standard InChI is InChI=1S/C23H21N7O2/c1-13-20(16-4-2-3-5-18(16)30-9-8-14(11-24)12-30)28-22(25)29-21(13)26-15-6-7-19-17(10-15)27-23(31)32-19/h2-7,10,14H,8-9,12H2,1H3,(H,27,31)(H3,25,26,28,29). The number of oxazole rings is 1. The minimum absolute atomic E-state index is 0.0288. The average molecular weight is 427 g/mol. The molecular formula is C23H21N7O2. The van der Waals surface area contributed by atoms with Crippen LogP contribution in [0.2, 0.25) is 0 Å². The number of rotatable bonds is 4. The summed E-state index contributed by atoms with van der Waals surface area (Å²) < 4.78 is 5.06. The lowest BCUT2D eigenvalue weighted by atomic mass is 10.0. The summed E-state index contributed by atoms with van der Waals surface area (Å²) in [6, 6.07) is 15.7. The number of aromatic amines is 1. The minimum Gasteiger partial charge on any atom is -0.408 e. The zero-order chi connectivity index (χ0) is 22.2. The molecule has 1 aliphatic rings. The first-order chi connectivity index (χ1) is 15.5. The Balaban J connectivity index is 1.54. The summed E-state index contributed by atoms with van der Waals surface area (Å²) in [5.41, 5.74) is 11.4. The zero-order valence-corrected chi connectivity index (χ0v) is 17.4. The SMILES string of the molecule is Cc1c(Nc2ccc3oc(=O)[nH]c3c2)nc(N)nc1-c1ccccc1N1CCC(C#N)C1. The molecule has 160 valence electrons. The molecule has 5 rings (SSSR count). The van der Waals surface area contributed by atoms with Gasteiger partial charge >= 0.3 is 5.76 Å². The number of nitriles is 1. The maximum absolute atomic E-state index is 11.4. The van der Waals surface area contributed by atoms with Crippen molar-refractivity contribution in [2.24, 2.45) is 5.92 Å². The van der Waals surface area contributed by atoms with E-state index in [0.29, 0.717) is 23.5 Å². The van der Waals surface area contributed by atoms with Gasteiger partial charge in [-0.05, 0) is 37.6 Å². The van der Waals surface area contributed by atoms with Crippen LogP contribution in [0.4, 0.5) is 23.1 Å². The molecule has 4 aromatic rings. The van der Waals surface area contributed by atoms with E-state index in [1.54, 1.807) is 18.2 Å². The highest BCUT2D eigenvalue weighted by Gasteiger charge is 2.25. The highest BCUT2D eigenvalue weighted by Crippen LogP contribution is 2.36. The summed E-state index contributed by atoms with van der Waals surface area (Å²) in [5, 5.41) is 12.6. The van der Waals surface area contributed by atoms with Crippen LogP contribution >= 0.6 is 0 Å². The van der Waals surface area contributed by atoms with Crippen molar-refractivity contribution in [3.05, 3.63) is 58.6 Å². The number of nitrogens with one attached hydrogen (secondary N) is 2. The molecule has 0 aliphatic carbocycles. The molecule has 2 aromatic carbocycles. The molecule has 0 bridgehead atoms. The highest BCUT2D eigenvalue weighted by atomic mass is 16.4. The third-order valence-corrected chi connectivity index (χ3v) is 5.72. The van der Waals surface area contributed by atoms with Crippen molar-refractivity contribution in [2.45, 2.75) is 13.3 Å². The van der Waals surface area contributed by atoms with Gasteiger partial charge in [0.05, 0.1) is 23.2 Å². The van der Waals surface area contributed by atoms with Crippen LogP contribution in [-0.4, -0.2) is 28.0 Å². The van der Waals surface area contributed by atoms with E-state index >= 15 is 0 Å². The second kappa shape index (κ2) is 7.74. The number of hydrogen-bond acceptors (Lipinski definition) is 8. The van der Waals surface area contributed by atoms with Gasteiger partial charge in [0.1, 0.15) is 5.82 Å². The zero-order valence-electron chi connectivity index (χ0n) is 17.4. The Morgan fingerprint density at radius 1 is 1.28 bits per heavy atom. The molecular weight excluding hydrogens is 406 g/mol. The van der Waals surface area contributed by atoms with Crippen molar-refractivity contribution in [1.29, 1.82) is 5.26 Å². The number of anilines is 4. The molecule has 1 aliphatic heterocycles. The topological polar surface area (TPSA) is 137 Å². The van der Waals surface area contributed by atoms with Crippen molar-refractivity contribution in [1.82, 2.24) is 15.0 Å². The van der Waals surface area contributed by atoms with Gasteiger partial charge in [0.15, 0.2) is 5.58 Å². The van der Waals surface area contributed by atoms with E-state index in [0.717, 1.165) is 41.2 Å². The number of benzene rings is 2. The van der Waals surface area contributed by atoms with Crippen molar-refractivity contribution >= 4 is 34.2 Å². The number of para-hydroxylation sites is 1. The van der Waals surface area contributed by atoms with E-state index in [9.17, 15) is 10.1 Å². The normalized spacial score (nSPS) is 15.8. The van der Waals surface area contributed by atoms with Crippen LogP contribution in [0, 0.1) is 24.2 Å². The van der Waals surface area contributed by atoms with Crippen molar-refractivity contribution < 1.29 is 4.42 Å². The van der Waals surface area contributed by atoms with Gasteiger partial charge < -0.3 is 20.4 Å². The molecule has 1 unspecified atom stereocenters. The Morgan fingerprint density at radius 3 is 2.94 bits per heavy atom. The lowest BCUT2D eigenvalue weighted by Crippen LogP contribution is -2.20. The molecule has 9 heteroatoms. The van der Waals surface area contributed by atoms with Gasteiger partial charge in [-0.2, -0.15) is 10.2 Å². The maximum atomic E-state index is 11.4. The molecule has 2 aromatic heterocycles. The molecule has 0 radical (unpaired) electrons. The Hall–Kier alpha value is -4.32. The summed E-state index contributed by atoms with van der Waals surface area (Å²) in [6.07, 6.45) is 0.848. The number of fused-ring (bicyclic) bond motifs is 1. The fourth-order valence-corrected chi connectivity index (χ4v) is 4.12. The summed E-state index contributed by atoms with van der Waals surface area (Å²) in [4.78, 5) is 25.2. The van der Waals surface area contributed by atoms with Gasteiger partial charge in [-0.3, -0.25) is 4.98 Å². The third-order valence-electron chi connectivity index (χ3n) is 5.72. The number of aromatic nitrogens is 3. The first kappa shape index (κ1) is 19.6. The smallest absolute Gasteiger partial charge is 0.408 e. The molecule has 9 nitrogen and oxygen atoms in total. The Morgan fingerprint density at radius 2 is 2.12 bits per heavy atom. The number of nitrogen functional groups attached to an aromatic ring is 1. The summed E-state index contributed by atoms with van der Waals surface area (Å²) in [7, 11) is 0. The molecule has 3 heterocycles. The largest absolute Gasteiger partial charge is 0.417 e. The molecule has 1 atom stereocenters. The van der Waals surface area contributed by atoms with Gasteiger partial charge in [0, 0.05) is 35.6 Å². The Labute approximate surface area is 183 Å². The molecule has 32 heavy (non-hydrogen) atoms. The fourth-order valence-electron chi connectivity index (χ4n) is 4.12. The van der Waals surface area contributed by atoms with Crippen LogP contribution in [0.15, 0.2) is 51.7 Å². The monoisotopic (exact) mass is 427 g/mol. The second-order valence-electron chi connectivity index (χ2n) is 7.83.